The number of nitrogens with two attached hydrogens (primary N) is 1. The summed E-state index contributed by atoms with van der Waals surface area (Å²) in [6.45, 7) is 0. The van der Waals surface area contributed by atoms with E-state index in [0.29, 0.717) is 29.2 Å². The van der Waals surface area contributed by atoms with Crippen molar-refractivity contribution < 1.29 is 14.6 Å². The summed E-state index contributed by atoms with van der Waals surface area (Å²) in [6.07, 6.45) is 2.45. The van der Waals surface area contributed by atoms with Gasteiger partial charge in [0.1, 0.15) is 23.8 Å². The Kier molecular flexibility index (Phi) is 5.15. The number of imidazole rings is 1. The number of hydrogen-bond acceptors (Lipinski definition) is 8. The minimum atomic E-state index is -0.532. The molecule has 1 aliphatic rings. The summed E-state index contributed by atoms with van der Waals surface area (Å²) in [5.41, 5.74) is 8.21. The SMILES string of the molecule is COc1ccc(CSC[C@H]2O[C@@H](n3cnc4c(N)ncnc43)C[C@@H]2O)cc1. The average molecular weight is 387 g/mol. The Hall–Kier alpha value is -2.36. The zero-order chi connectivity index (χ0) is 18.8. The smallest absolute Gasteiger partial charge is 0.167 e. The Labute approximate surface area is 160 Å². The molecule has 0 unspecified atom stereocenters. The number of anilines is 1. The lowest BCUT2D eigenvalue weighted by Crippen LogP contribution is -2.23. The summed E-state index contributed by atoms with van der Waals surface area (Å²) in [7, 11) is 1.66. The Morgan fingerprint density at radius 2 is 2.11 bits per heavy atom. The highest BCUT2D eigenvalue weighted by Crippen LogP contribution is 2.33. The molecule has 2 aromatic heterocycles. The lowest BCUT2D eigenvalue weighted by atomic mass is 10.2. The molecule has 0 aliphatic carbocycles. The molecule has 1 saturated heterocycles. The molecule has 27 heavy (non-hydrogen) atoms. The van der Waals surface area contributed by atoms with Crippen LogP contribution in [0.3, 0.4) is 0 Å². The summed E-state index contributed by atoms with van der Waals surface area (Å²) >= 11 is 1.73. The largest absolute Gasteiger partial charge is 0.497 e. The van der Waals surface area contributed by atoms with E-state index in [-0.39, 0.29) is 12.3 Å². The van der Waals surface area contributed by atoms with Crippen LogP contribution < -0.4 is 10.5 Å². The fourth-order valence-electron chi connectivity index (χ4n) is 3.13. The van der Waals surface area contributed by atoms with Crippen molar-refractivity contribution in [2.24, 2.45) is 0 Å². The number of rotatable bonds is 6. The molecule has 4 rings (SSSR count). The molecule has 0 radical (unpaired) electrons. The number of aliphatic hydroxyl groups is 1. The maximum atomic E-state index is 10.4. The van der Waals surface area contributed by atoms with Crippen molar-refractivity contribution in [3.63, 3.8) is 0 Å². The minimum absolute atomic E-state index is 0.241. The van der Waals surface area contributed by atoms with E-state index >= 15 is 0 Å². The second kappa shape index (κ2) is 7.71. The van der Waals surface area contributed by atoms with E-state index in [0.717, 1.165) is 11.5 Å². The van der Waals surface area contributed by atoms with Crippen molar-refractivity contribution in [2.75, 3.05) is 18.6 Å². The topological polar surface area (TPSA) is 108 Å². The van der Waals surface area contributed by atoms with Crippen molar-refractivity contribution in [3.05, 3.63) is 42.5 Å². The van der Waals surface area contributed by atoms with Gasteiger partial charge >= 0.3 is 0 Å². The zero-order valence-electron chi connectivity index (χ0n) is 14.9. The van der Waals surface area contributed by atoms with Crippen molar-refractivity contribution in [1.29, 1.82) is 0 Å². The van der Waals surface area contributed by atoms with Gasteiger partial charge in [0.2, 0.25) is 0 Å². The molecule has 9 heteroatoms. The van der Waals surface area contributed by atoms with Crippen LogP contribution in [-0.4, -0.2) is 49.7 Å². The highest BCUT2D eigenvalue weighted by Gasteiger charge is 2.35. The monoisotopic (exact) mass is 387 g/mol. The molecule has 3 N–H and O–H groups in total. The highest BCUT2D eigenvalue weighted by atomic mass is 32.2. The van der Waals surface area contributed by atoms with Gasteiger partial charge in [0.05, 0.1) is 25.6 Å². The Bertz CT molecular complexity index is 917. The van der Waals surface area contributed by atoms with E-state index in [9.17, 15) is 5.11 Å². The third kappa shape index (κ3) is 3.71. The van der Waals surface area contributed by atoms with Crippen LogP contribution >= 0.6 is 11.8 Å². The van der Waals surface area contributed by atoms with Crippen LogP contribution in [0.25, 0.3) is 11.2 Å². The van der Waals surface area contributed by atoms with Crippen molar-refractivity contribution >= 4 is 28.7 Å². The minimum Gasteiger partial charge on any atom is -0.497 e. The molecule has 1 fully saturated rings. The van der Waals surface area contributed by atoms with Gasteiger partial charge in [0.25, 0.3) is 0 Å². The maximum Gasteiger partial charge on any atom is 0.167 e. The standard InChI is InChI=1S/C18H21N5O3S/c1-25-12-4-2-11(3-5-12)7-27-8-14-13(24)6-15(26-14)23-10-22-16-17(19)20-9-21-18(16)23/h2-5,9-10,13-15,24H,6-8H2,1H3,(H2,19,20,21)/t13-,14+,15+/m0/s1. The molecule has 0 amide bonds. The lowest BCUT2D eigenvalue weighted by Gasteiger charge is -2.15. The number of fused-ring (bicyclic) bond motifs is 1. The molecular formula is C18H21N5O3S. The van der Waals surface area contributed by atoms with Gasteiger partial charge < -0.3 is 20.3 Å². The number of benzene rings is 1. The number of ether oxygens (including phenoxy) is 2. The van der Waals surface area contributed by atoms with Crippen molar-refractivity contribution in [1.82, 2.24) is 19.5 Å². The second-order valence-corrected chi connectivity index (χ2v) is 7.41. The predicted octanol–water partition coefficient (Wildman–Crippen LogP) is 2.00. The van der Waals surface area contributed by atoms with Gasteiger partial charge in [0.15, 0.2) is 11.5 Å². The molecule has 0 spiro atoms. The van der Waals surface area contributed by atoms with Gasteiger partial charge in [-0.05, 0) is 17.7 Å². The van der Waals surface area contributed by atoms with Crippen LogP contribution in [-0.2, 0) is 10.5 Å². The maximum absolute atomic E-state index is 10.4. The van der Waals surface area contributed by atoms with Crippen LogP contribution in [0.2, 0.25) is 0 Å². The fourth-order valence-corrected chi connectivity index (χ4v) is 4.21. The lowest BCUT2D eigenvalue weighted by molar-refractivity contribution is -0.00372. The first-order valence-electron chi connectivity index (χ1n) is 8.63. The summed E-state index contributed by atoms with van der Waals surface area (Å²) in [6, 6.07) is 7.99. The number of aliphatic hydroxyl groups excluding tert-OH is 1. The second-order valence-electron chi connectivity index (χ2n) is 6.38. The van der Waals surface area contributed by atoms with E-state index in [1.165, 1.54) is 11.9 Å². The van der Waals surface area contributed by atoms with E-state index in [2.05, 4.69) is 15.0 Å². The molecular weight excluding hydrogens is 366 g/mol. The first kappa shape index (κ1) is 18.0. The summed E-state index contributed by atoms with van der Waals surface area (Å²) in [5.74, 6) is 2.73. The molecule has 8 nitrogen and oxygen atoms in total. The number of aromatic nitrogens is 4. The van der Waals surface area contributed by atoms with Gasteiger partial charge in [-0.2, -0.15) is 11.8 Å². The van der Waals surface area contributed by atoms with Gasteiger partial charge in [-0.15, -0.1) is 0 Å². The summed E-state index contributed by atoms with van der Waals surface area (Å²) < 4.78 is 13.1. The van der Waals surface area contributed by atoms with Crippen molar-refractivity contribution in [2.45, 2.75) is 30.6 Å². The molecule has 142 valence electrons. The van der Waals surface area contributed by atoms with E-state index < -0.39 is 6.10 Å². The molecule has 3 atom stereocenters. The Morgan fingerprint density at radius 3 is 2.89 bits per heavy atom. The fraction of sp³-hybridized carbons (Fsp3) is 0.389. The van der Waals surface area contributed by atoms with Gasteiger partial charge in [-0.1, -0.05) is 12.1 Å². The molecule has 1 aromatic carbocycles. The molecule has 3 aromatic rings. The van der Waals surface area contributed by atoms with Crippen LogP contribution in [0.5, 0.6) is 5.75 Å². The Morgan fingerprint density at radius 1 is 1.30 bits per heavy atom. The number of nitrogens with zero attached hydrogens (tertiary/aromatic N) is 4. The van der Waals surface area contributed by atoms with Crippen molar-refractivity contribution in [3.8, 4) is 5.75 Å². The predicted molar refractivity (Wildman–Crippen MR) is 103 cm³/mol. The van der Waals surface area contributed by atoms with E-state index in [1.54, 1.807) is 25.2 Å². The molecule has 1 aliphatic heterocycles. The van der Waals surface area contributed by atoms with Gasteiger partial charge in [0, 0.05) is 17.9 Å². The first-order valence-corrected chi connectivity index (χ1v) is 9.78. The highest BCUT2D eigenvalue weighted by molar-refractivity contribution is 7.98. The quantitative estimate of drug-likeness (QED) is 0.661. The third-order valence-electron chi connectivity index (χ3n) is 4.61. The number of thioether (sulfide) groups is 1. The summed E-state index contributed by atoms with van der Waals surface area (Å²) in [5, 5.41) is 10.4. The third-order valence-corrected chi connectivity index (χ3v) is 5.71. The van der Waals surface area contributed by atoms with E-state index in [4.69, 9.17) is 15.2 Å². The first-order chi connectivity index (χ1) is 13.2. The van der Waals surface area contributed by atoms with Crippen LogP contribution in [0.4, 0.5) is 5.82 Å². The number of nitrogen functional groups attached to an aromatic ring is 1. The number of hydrogen-bond donors (Lipinski definition) is 2. The zero-order valence-corrected chi connectivity index (χ0v) is 15.7. The molecule has 0 saturated carbocycles. The molecule has 3 heterocycles. The van der Waals surface area contributed by atoms with Crippen LogP contribution in [0.15, 0.2) is 36.9 Å². The van der Waals surface area contributed by atoms with Crippen LogP contribution in [0.1, 0.15) is 18.2 Å². The number of methoxy groups -OCH3 is 1. The van der Waals surface area contributed by atoms with Crippen LogP contribution in [0, 0.1) is 0 Å². The van der Waals surface area contributed by atoms with Gasteiger partial charge in [-0.25, -0.2) is 15.0 Å². The van der Waals surface area contributed by atoms with E-state index in [1.807, 2.05) is 28.8 Å². The molecule has 0 bridgehead atoms. The summed E-state index contributed by atoms with van der Waals surface area (Å²) in [4.78, 5) is 12.5. The van der Waals surface area contributed by atoms with Gasteiger partial charge in [-0.3, -0.25) is 4.57 Å². The normalized spacial score (nSPS) is 22.4. The Balaban J connectivity index is 1.37. The average Bonchev–Trinajstić information content (AvgIpc) is 3.27.